The Labute approximate surface area is 130 Å². The lowest BCUT2D eigenvalue weighted by molar-refractivity contribution is -0.137. The maximum absolute atomic E-state index is 12.3. The van der Waals surface area contributed by atoms with Gasteiger partial charge in [-0.15, -0.1) is 12.4 Å². The molecule has 1 rings (SSSR count). The summed E-state index contributed by atoms with van der Waals surface area (Å²) in [6, 6.07) is 0.306. The quantitative estimate of drug-likeness (QED) is 0.815. The fourth-order valence-corrected chi connectivity index (χ4v) is 2.68. The van der Waals surface area contributed by atoms with Gasteiger partial charge in [-0.05, 0) is 72.6 Å². The average molecular weight is 306 g/mol. The Morgan fingerprint density at radius 1 is 1.30 bits per heavy atom. The molecule has 1 N–H and O–H groups in total. The first-order valence-electron chi connectivity index (χ1n) is 7.62. The molecule has 1 fully saturated rings. The van der Waals surface area contributed by atoms with E-state index >= 15 is 0 Å². The van der Waals surface area contributed by atoms with Crippen LogP contribution in [0.4, 0.5) is 0 Å². The molecule has 1 aliphatic rings. The van der Waals surface area contributed by atoms with E-state index in [2.05, 4.69) is 31.0 Å². The average Bonchev–Trinajstić information content (AvgIpc) is 2.43. The van der Waals surface area contributed by atoms with E-state index in [1.807, 2.05) is 19.0 Å². The Morgan fingerprint density at radius 3 is 2.30 bits per heavy atom. The number of piperidine rings is 1. The van der Waals surface area contributed by atoms with Gasteiger partial charge in [0.25, 0.3) is 0 Å². The second-order valence-corrected chi connectivity index (χ2v) is 6.09. The Morgan fingerprint density at radius 2 is 1.85 bits per heavy atom. The molecule has 1 saturated heterocycles. The molecule has 1 atom stereocenters. The number of rotatable bonds is 6. The van der Waals surface area contributed by atoms with Crippen LogP contribution in [0.1, 0.15) is 40.0 Å². The minimum Gasteiger partial charge on any atom is -0.342 e. The summed E-state index contributed by atoms with van der Waals surface area (Å²) < 4.78 is 0. The third kappa shape index (κ3) is 5.58. The summed E-state index contributed by atoms with van der Waals surface area (Å²) >= 11 is 0. The van der Waals surface area contributed by atoms with Crippen molar-refractivity contribution in [3.05, 3.63) is 0 Å². The number of likely N-dealkylation sites (N-methyl/N-ethyl adjacent to an activating group) is 1. The van der Waals surface area contributed by atoms with Crippen molar-refractivity contribution < 1.29 is 4.79 Å². The molecule has 5 heteroatoms. The van der Waals surface area contributed by atoms with Crippen LogP contribution in [0.25, 0.3) is 0 Å². The standard InChI is InChI=1S/C15H31N3O.ClH/c1-12(2)17(5)15(19)13(3)18-10-7-14(8-11-18)6-9-16-4;/h12-14,16H,6-11H2,1-5H3;1H. The second-order valence-electron chi connectivity index (χ2n) is 6.09. The van der Waals surface area contributed by atoms with Crippen LogP contribution < -0.4 is 5.32 Å². The number of carbonyl (C=O) groups is 1. The molecule has 0 aromatic heterocycles. The zero-order valence-electron chi connectivity index (χ0n) is 13.7. The molecule has 20 heavy (non-hydrogen) atoms. The van der Waals surface area contributed by atoms with E-state index in [0.717, 1.165) is 25.6 Å². The van der Waals surface area contributed by atoms with Crippen molar-refractivity contribution in [3.8, 4) is 0 Å². The number of amides is 1. The van der Waals surface area contributed by atoms with Gasteiger partial charge in [0, 0.05) is 13.1 Å². The lowest BCUT2D eigenvalue weighted by atomic mass is 9.92. The lowest BCUT2D eigenvalue weighted by Gasteiger charge is -2.37. The van der Waals surface area contributed by atoms with E-state index in [0.29, 0.717) is 0 Å². The summed E-state index contributed by atoms with van der Waals surface area (Å²) in [4.78, 5) is 16.5. The number of hydrogen-bond donors (Lipinski definition) is 1. The van der Waals surface area contributed by atoms with Crippen LogP contribution in [-0.4, -0.2) is 61.5 Å². The first-order chi connectivity index (χ1) is 8.97. The molecule has 0 aromatic carbocycles. The highest BCUT2D eigenvalue weighted by molar-refractivity contribution is 5.85. The smallest absolute Gasteiger partial charge is 0.239 e. The lowest BCUT2D eigenvalue weighted by Crippen LogP contribution is -2.50. The van der Waals surface area contributed by atoms with Gasteiger partial charge >= 0.3 is 0 Å². The van der Waals surface area contributed by atoms with E-state index < -0.39 is 0 Å². The van der Waals surface area contributed by atoms with Gasteiger partial charge in [-0.1, -0.05) is 0 Å². The molecule has 0 spiro atoms. The summed E-state index contributed by atoms with van der Waals surface area (Å²) in [5.41, 5.74) is 0. The minimum absolute atomic E-state index is 0. The monoisotopic (exact) mass is 305 g/mol. The van der Waals surface area contributed by atoms with Crippen molar-refractivity contribution >= 4 is 18.3 Å². The summed E-state index contributed by atoms with van der Waals surface area (Å²) in [5.74, 6) is 1.08. The molecule has 0 bridgehead atoms. The van der Waals surface area contributed by atoms with Crippen molar-refractivity contribution in [2.24, 2.45) is 5.92 Å². The summed E-state index contributed by atoms with van der Waals surface area (Å²) in [6.07, 6.45) is 3.72. The maximum atomic E-state index is 12.3. The van der Waals surface area contributed by atoms with Gasteiger partial charge in [-0.2, -0.15) is 0 Å². The highest BCUT2D eigenvalue weighted by Gasteiger charge is 2.28. The highest BCUT2D eigenvalue weighted by Crippen LogP contribution is 2.22. The van der Waals surface area contributed by atoms with Gasteiger partial charge in [0.1, 0.15) is 0 Å². The van der Waals surface area contributed by atoms with Crippen LogP contribution in [0.15, 0.2) is 0 Å². The minimum atomic E-state index is 0. The summed E-state index contributed by atoms with van der Waals surface area (Å²) in [7, 11) is 3.92. The van der Waals surface area contributed by atoms with Crippen molar-refractivity contribution in [2.75, 3.05) is 33.7 Å². The number of likely N-dealkylation sites (tertiary alicyclic amines) is 1. The van der Waals surface area contributed by atoms with Crippen molar-refractivity contribution in [2.45, 2.75) is 52.1 Å². The number of hydrogen-bond acceptors (Lipinski definition) is 3. The largest absolute Gasteiger partial charge is 0.342 e. The Hall–Kier alpha value is -0.320. The topological polar surface area (TPSA) is 35.6 Å². The molecule has 1 heterocycles. The van der Waals surface area contributed by atoms with Crippen LogP contribution in [0, 0.1) is 5.92 Å². The zero-order chi connectivity index (χ0) is 14.4. The molecular weight excluding hydrogens is 274 g/mol. The Bertz CT molecular complexity index is 278. The van der Waals surface area contributed by atoms with Crippen molar-refractivity contribution in [1.29, 1.82) is 0 Å². The van der Waals surface area contributed by atoms with Crippen molar-refractivity contribution in [1.82, 2.24) is 15.1 Å². The molecule has 120 valence electrons. The maximum Gasteiger partial charge on any atom is 0.239 e. The number of nitrogens with zero attached hydrogens (tertiary/aromatic N) is 2. The predicted molar refractivity (Wildman–Crippen MR) is 87.5 cm³/mol. The third-order valence-corrected chi connectivity index (χ3v) is 4.48. The SMILES string of the molecule is CNCCC1CCN(C(C)C(=O)N(C)C(C)C)CC1.Cl. The number of nitrogens with one attached hydrogen (secondary N) is 1. The van der Waals surface area contributed by atoms with E-state index in [4.69, 9.17) is 0 Å². The number of carbonyl (C=O) groups excluding carboxylic acids is 1. The second kappa shape index (κ2) is 9.59. The fourth-order valence-electron chi connectivity index (χ4n) is 2.68. The Kier molecular flexibility index (Phi) is 9.43. The van der Waals surface area contributed by atoms with Gasteiger partial charge in [-0.25, -0.2) is 0 Å². The predicted octanol–water partition coefficient (Wildman–Crippen LogP) is 1.98. The molecular formula is C15H32ClN3O. The fraction of sp³-hybridized carbons (Fsp3) is 0.933. The normalized spacial score (nSPS) is 18.7. The highest BCUT2D eigenvalue weighted by atomic mass is 35.5. The van der Waals surface area contributed by atoms with Gasteiger partial charge in [0.05, 0.1) is 6.04 Å². The van der Waals surface area contributed by atoms with Gasteiger partial charge in [-0.3, -0.25) is 9.69 Å². The molecule has 0 saturated carbocycles. The van der Waals surface area contributed by atoms with Gasteiger partial charge in [0.2, 0.25) is 5.91 Å². The first-order valence-corrected chi connectivity index (χ1v) is 7.62. The molecule has 1 amide bonds. The van der Waals surface area contributed by atoms with E-state index in [-0.39, 0.29) is 30.4 Å². The first kappa shape index (κ1) is 19.7. The van der Waals surface area contributed by atoms with Crippen LogP contribution >= 0.6 is 12.4 Å². The van der Waals surface area contributed by atoms with E-state index in [1.165, 1.54) is 19.3 Å². The van der Waals surface area contributed by atoms with Crippen LogP contribution in [-0.2, 0) is 4.79 Å². The molecule has 1 aliphatic heterocycles. The van der Waals surface area contributed by atoms with Crippen molar-refractivity contribution in [3.63, 3.8) is 0 Å². The molecule has 1 unspecified atom stereocenters. The molecule has 0 aliphatic carbocycles. The molecule has 0 aromatic rings. The summed E-state index contributed by atoms with van der Waals surface area (Å²) in [5, 5.41) is 3.22. The van der Waals surface area contributed by atoms with Crippen LogP contribution in [0.3, 0.4) is 0 Å². The summed E-state index contributed by atoms with van der Waals surface area (Å²) in [6.45, 7) is 9.41. The van der Waals surface area contributed by atoms with Crippen LogP contribution in [0.2, 0.25) is 0 Å². The van der Waals surface area contributed by atoms with Gasteiger partial charge in [0.15, 0.2) is 0 Å². The molecule has 4 nitrogen and oxygen atoms in total. The zero-order valence-corrected chi connectivity index (χ0v) is 14.5. The van der Waals surface area contributed by atoms with E-state index in [9.17, 15) is 4.79 Å². The van der Waals surface area contributed by atoms with E-state index in [1.54, 1.807) is 0 Å². The number of halogens is 1. The molecule has 0 radical (unpaired) electrons. The van der Waals surface area contributed by atoms with Crippen LogP contribution in [0.5, 0.6) is 0 Å². The van der Waals surface area contributed by atoms with Gasteiger partial charge < -0.3 is 10.2 Å². The Balaban J connectivity index is 0.00000361. The third-order valence-electron chi connectivity index (χ3n) is 4.48.